The number of aromatic nitrogens is 2. The minimum Gasteiger partial charge on any atom is -0.426 e. The van der Waals surface area contributed by atoms with Gasteiger partial charge in [-0.15, -0.1) is 0 Å². The lowest BCUT2D eigenvalue weighted by Gasteiger charge is -2.09. The average Bonchev–Trinajstić information content (AvgIpc) is 2.73. The van der Waals surface area contributed by atoms with Crippen LogP contribution in [-0.2, 0) is 11.2 Å². The van der Waals surface area contributed by atoms with E-state index in [1.807, 2.05) is 38.4 Å². The molecule has 0 aliphatic heterocycles. The minimum atomic E-state index is -0.193. The zero-order valence-electron chi connectivity index (χ0n) is 17.6. The summed E-state index contributed by atoms with van der Waals surface area (Å²) in [5.41, 5.74) is 2.11. The van der Waals surface area contributed by atoms with Crippen molar-refractivity contribution in [3.63, 3.8) is 0 Å². The van der Waals surface area contributed by atoms with Crippen molar-refractivity contribution in [3.8, 4) is 17.1 Å². The molecule has 4 heteroatoms. The molecule has 28 heavy (non-hydrogen) atoms. The van der Waals surface area contributed by atoms with Gasteiger partial charge in [0.05, 0.1) is 5.92 Å². The van der Waals surface area contributed by atoms with E-state index in [2.05, 4.69) is 16.9 Å². The number of aryl methyl sites for hydroxylation is 1. The lowest BCUT2D eigenvalue weighted by atomic mass is 10.1. The zero-order valence-corrected chi connectivity index (χ0v) is 17.6. The number of rotatable bonds is 12. The number of ether oxygens (including phenoxy) is 1. The van der Waals surface area contributed by atoms with Crippen molar-refractivity contribution in [3.05, 3.63) is 42.2 Å². The molecule has 0 saturated heterocycles. The third-order valence-corrected chi connectivity index (χ3v) is 5.12. The highest BCUT2D eigenvalue weighted by Crippen LogP contribution is 2.20. The zero-order chi connectivity index (χ0) is 20.2. The molecule has 4 nitrogen and oxygen atoms in total. The monoisotopic (exact) mass is 382 g/mol. The molecule has 0 radical (unpaired) electrons. The fraction of sp³-hybridized carbons (Fsp3) is 0.542. The van der Waals surface area contributed by atoms with E-state index in [0.717, 1.165) is 18.4 Å². The van der Waals surface area contributed by atoms with Gasteiger partial charge in [0.25, 0.3) is 0 Å². The van der Waals surface area contributed by atoms with Gasteiger partial charge in [-0.2, -0.15) is 0 Å². The predicted octanol–water partition coefficient (Wildman–Crippen LogP) is 6.39. The molecule has 1 atom stereocenters. The highest BCUT2D eigenvalue weighted by Gasteiger charge is 2.13. The van der Waals surface area contributed by atoms with Crippen molar-refractivity contribution in [1.29, 1.82) is 0 Å². The Labute approximate surface area is 169 Å². The van der Waals surface area contributed by atoms with Crippen molar-refractivity contribution < 1.29 is 9.53 Å². The van der Waals surface area contributed by atoms with Gasteiger partial charge in [0.15, 0.2) is 5.82 Å². The maximum atomic E-state index is 11.9. The van der Waals surface area contributed by atoms with Gasteiger partial charge < -0.3 is 4.74 Å². The molecule has 0 spiro atoms. The minimum absolute atomic E-state index is 0.0908. The molecule has 0 bridgehead atoms. The van der Waals surface area contributed by atoms with Crippen LogP contribution in [0.1, 0.15) is 77.7 Å². The van der Waals surface area contributed by atoms with Crippen LogP contribution in [0.25, 0.3) is 11.4 Å². The van der Waals surface area contributed by atoms with Crippen LogP contribution in [0.15, 0.2) is 36.7 Å². The number of hydrogen-bond acceptors (Lipinski definition) is 4. The normalized spacial score (nSPS) is 12.0. The Morgan fingerprint density at radius 3 is 2.14 bits per heavy atom. The maximum Gasteiger partial charge on any atom is 0.314 e. The van der Waals surface area contributed by atoms with Crippen LogP contribution in [-0.4, -0.2) is 15.9 Å². The third kappa shape index (κ3) is 7.41. The number of esters is 1. The molecule has 152 valence electrons. The first kappa shape index (κ1) is 22.1. The van der Waals surface area contributed by atoms with Crippen molar-refractivity contribution in [2.75, 3.05) is 0 Å². The van der Waals surface area contributed by atoms with Gasteiger partial charge in [0.2, 0.25) is 0 Å². The standard InChI is InChI=1S/C24H34N2O2/c1-4-6-7-8-9-10-11-12-20-17-25-23(26-18-20)21-13-15-22(16-14-21)28-24(27)19(3)5-2/h13-19H,4-12H2,1-3H3. The van der Waals surface area contributed by atoms with E-state index in [4.69, 9.17) is 4.74 Å². The number of hydrogen-bond donors (Lipinski definition) is 0. The SMILES string of the molecule is CCCCCCCCCc1cnc(-c2ccc(OC(=O)C(C)CC)cc2)nc1. The first-order valence-electron chi connectivity index (χ1n) is 10.8. The Hall–Kier alpha value is -2.23. The fourth-order valence-corrected chi connectivity index (χ4v) is 2.97. The van der Waals surface area contributed by atoms with Crippen molar-refractivity contribution in [2.45, 2.75) is 78.6 Å². The molecule has 0 N–H and O–H groups in total. The summed E-state index contributed by atoms with van der Waals surface area (Å²) in [6, 6.07) is 7.38. The summed E-state index contributed by atoms with van der Waals surface area (Å²) in [7, 11) is 0. The summed E-state index contributed by atoms with van der Waals surface area (Å²) >= 11 is 0. The van der Waals surface area contributed by atoms with E-state index in [-0.39, 0.29) is 11.9 Å². The first-order valence-corrected chi connectivity index (χ1v) is 10.8. The molecule has 1 aromatic carbocycles. The molecule has 0 aliphatic rings. The van der Waals surface area contributed by atoms with Crippen molar-refractivity contribution in [2.24, 2.45) is 5.92 Å². The number of nitrogens with zero attached hydrogens (tertiary/aromatic N) is 2. The van der Waals surface area contributed by atoms with Gasteiger partial charge in [0, 0.05) is 18.0 Å². The fourth-order valence-electron chi connectivity index (χ4n) is 2.97. The van der Waals surface area contributed by atoms with Crippen LogP contribution in [0.3, 0.4) is 0 Å². The molecule has 0 aliphatic carbocycles. The van der Waals surface area contributed by atoms with Crippen LogP contribution in [0, 0.1) is 5.92 Å². The summed E-state index contributed by atoms with van der Waals surface area (Å²) in [6.07, 6.45) is 14.9. The lowest BCUT2D eigenvalue weighted by molar-refractivity contribution is -0.138. The Morgan fingerprint density at radius 2 is 1.54 bits per heavy atom. The highest BCUT2D eigenvalue weighted by molar-refractivity contribution is 5.74. The van der Waals surface area contributed by atoms with Crippen LogP contribution in [0.2, 0.25) is 0 Å². The Balaban J connectivity index is 1.80. The number of unbranched alkanes of at least 4 members (excludes halogenated alkanes) is 6. The van der Waals surface area contributed by atoms with Gasteiger partial charge in [0.1, 0.15) is 5.75 Å². The number of carbonyl (C=O) groups is 1. The van der Waals surface area contributed by atoms with Gasteiger partial charge in [-0.25, -0.2) is 9.97 Å². The predicted molar refractivity (Wildman–Crippen MR) is 114 cm³/mol. The number of benzene rings is 1. The lowest BCUT2D eigenvalue weighted by Crippen LogP contribution is -2.16. The number of carbonyl (C=O) groups excluding carboxylic acids is 1. The molecule has 2 rings (SSSR count). The summed E-state index contributed by atoms with van der Waals surface area (Å²) < 4.78 is 5.38. The van der Waals surface area contributed by atoms with Crippen LogP contribution in [0.5, 0.6) is 5.75 Å². The van der Waals surface area contributed by atoms with Crippen molar-refractivity contribution >= 4 is 5.97 Å². The van der Waals surface area contributed by atoms with Gasteiger partial charge >= 0.3 is 5.97 Å². The van der Waals surface area contributed by atoms with Crippen LogP contribution < -0.4 is 4.74 Å². The van der Waals surface area contributed by atoms with Gasteiger partial charge in [-0.3, -0.25) is 4.79 Å². The molecule has 1 aromatic heterocycles. The second-order valence-corrected chi connectivity index (χ2v) is 7.54. The second kappa shape index (κ2) is 12.3. The Bertz CT molecular complexity index is 696. The van der Waals surface area contributed by atoms with Gasteiger partial charge in [-0.05, 0) is 49.1 Å². The Kier molecular flexibility index (Phi) is 9.67. The first-order chi connectivity index (χ1) is 13.6. The van der Waals surface area contributed by atoms with Crippen LogP contribution >= 0.6 is 0 Å². The van der Waals surface area contributed by atoms with E-state index in [1.165, 1.54) is 50.5 Å². The molecule has 0 saturated carbocycles. The molecule has 1 heterocycles. The summed E-state index contributed by atoms with van der Waals surface area (Å²) in [6.45, 7) is 6.10. The maximum absolute atomic E-state index is 11.9. The third-order valence-electron chi connectivity index (χ3n) is 5.12. The second-order valence-electron chi connectivity index (χ2n) is 7.54. The van der Waals surface area contributed by atoms with Crippen LogP contribution in [0.4, 0.5) is 0 Å². The summed E-state index contributed by atoms with van der Waals surface area (Å²) in [5.74, 6) is 0.973. The van der Waals surface area contributed by atoms with E-state index in [1.54, 1.807) is 12.1 Å². The van der Waals surface area contributed by atoms with E-state index < -0.39 is 0 Å². The van der Waals surface area contributed by atoms with E-state index >= 15 is 0 Å². The molecular weight excluding hydrogens is 348 g/mol. The highest BCUT2D eigenvalue weighted by atomic mass is 16.5. The molecule has 0 fully saturated rings. The summed E-state index contributed by atoms with van der Waals surface area (Å²) in [4.78, 5) is 20.9. The topological polar surface area (TPSA) is 52.1 Å². The molecule has 0 amide bonds. The average molecular weight is 383 g/mol. The largest absolute Gasteiger partial charge is 0.426 e. The van der Waals surface area contributed by atoms with E-state index in [9.17, 15) is 4.79 Å². The van der Waals surface area contributed by atoms with Crippen molar-refractivity contribution in [1.82, 2.24) is 9.97 Å². The Morgan fingerprint density at radius 1 is 0.929 bits per heavy atom. The van der Waals surface area contributed by atoms with Gasteiger partial charge in [-0.1, -0.05) is 59.3 Å². The smallest absolute Gasteiger partial charge is 0.314 e. The molecule has 2 aromatic rings. The molecule has 1 unspecified atom stereocenters. The molecular formula is C24H34N2O2. The quantitative estimate of drug-likeness (QED) is 0.242. The summed E-state index contributed by atoms with van der Waals surface area (Å²) in [5, 5.41) is 0. The van der Waals surface area contributed by atoms with E-state index in [0.29, 0.717) is 11.6 Å².